The fraction of sp³-hybridized carbons (Fsp3) is 1.00. The van der Waals surface area contributed by atoms with Crippen LogP contribution in [0.25, 0.3) is 0 Å². The molecule has 0 saturated carbocycles. The molecule has 0 aliphatic rings. The van der Waals surface area contributed by atoms with Gasteiger partial charge in [0.25, 0.3) is 0 Å². The Balaban J connectivity index is 2.65. The van der Waals surface area contributed by atoms with E-state index >= 15 is 0 Å². The summed E-state index contributed by atoms with van der Waals surface area (Å²) in [7, 11) is 1.75. The summed E-state index contributed by atoms with van der Waals surface area (Å²) in [5, 5.41) is 2.71. The number of nitrogens with one attached hydrogen (secondary N) is 6. The first-order chi connectivity index (χ1) is 4.91. The molecule has 0 spiro atoms. The van der Waals surface area contributed by atoms with E-state index in [1.165, 1.54) is 0 Å². The first kappa shape index (κ1) is 9.82. The fourth-order valence-corrected chi connectivity index (χ4v) is 0.303. The number of hydrogen-bond donors (Lipinski definition) is 6. The van der Waals surface area contributed by atoms with Gasteiger partial charge in [-0.05, 0) is 0 Å². The SMILES string of the molecule is C[B]NNNNNNCC. The Kier molecular flexibility index (Phi) is 8.67. The minimum absolute atomic E-state index is 0.849. The largest absolute Gasteiger partial charge is 0.289 e. The van der Waals surface area contributed by atoms with Gasteiger partial charge in [0.15, 0.2) is 0 Å². The lowest BCUT2D eigenvalue weighted by Crippen LogP contribution is -2.59. The predicted octanol–water partition coefficient (Wildman–Crippen LogP) is -2.21. The summed E-state index contributed by atoms with van der Waals surface area (Å²) in [5.41, 5.74) is 13.3. The molecule has 0 aromatic rings. The molecule has 0 rings (SSSR count). The van der Waals surface area contributed by atoms with Crippen LogP contribution < -0.4 is 32.9 Å². The minimum Gasteiger partial charge on any atom is -0.289 e. The average molecular weight is 145 g/mol. The third-order valence-electron chi connectivity index (χ3n) is 0.669. The Labute approximate surface area is 61.6 Å². The van der Waals surface area contributed by atoms with Gasteiger partial charge in [0.1, 0.15) is 0 Å². The highest BCUT2D eigenvalue weighted by molar-refractivity contribution is 6.29. The summed E-state index contributed by atoms with van der Waals surface area (Å²) < 4.78 is 0. The summed E-state index contributed by atoms with van der Waals surface area (Å²) >= 11 is 0. The number of rotatable bonds is 7. The van der Waals surface area contributed by atoms with Crippen molar-refractivity contribution in [2.75, 3.05) is 6.54 Å². The third kappa shape index (κ3) is 7.82. The highest BCUT2D eigenvalue weighted by Crippen LogP contribution is 1.38. The second-order valence-electron chi connectivity index (χ2n) is 1.46. The lowest BCUT2D eigenvalue weighted by Gasteiger charge is -2.08. The zero-order valence-electron chi connectivity index (χ0n) is 6.28. The lowest BCUT2D eigenvalue weighted by atomic mass is 10.0. The van der Waals surface area contributed by atoms with Gasteiger partial charge in [-0.15, -0.1) is 0 Å². The van der Waals surface area contributed by atoms with E-state index in [1.54, 1.807) is 7.41 Å². The normalized spacial score (nSPS) is 9.80. The third-order valence-corrected chi connectivity index (χ3v) is 0.669. The van der Waals surface area contributed by atoms with E-state index in [-0.39, 0.29) is 0 Å². The first-order valence-corrected chi connectivity index (χ1v) is 3.18. The molecule has 0 bridgehead atoms. The van der Waals surface area contributed by atoms with Crippen molar-refractivity contribution in [2.45, 2.75) is 13.7 Å². The molecule has 0 unspecified atom stereocenters. The molecule has 0 aromatic heterocycles. The highest BCUT2D eigenvalue weighted by Gasteiger charge is 1.78. The van der Waals surface area contributed by atoms with E-state index in [0.717, 1.165) is 6.54 Å². The predicted molar refractivity (Wildman–Crippen MR) is 41.0 cm³/mol. The molecule has 7 heteroatoms. The summed E-state index contributed by atoms with van der Waals surface area (Å²) in [6, 6.07) is 0. The monoisotopic (exact) mass is 145 g/mol. The fourth-order valence-electron chi connectivity index (χ4n) is 0.303. The van der Waals surface area contributed by atoms with Crippen LogP contribution in [-0.2, 0) is 0 Å². The zero-order valence-corrected chi connectivity index (χ0v) is 6.28. The van der Waals surface area contributed by atoms with E-state index in [9.17, 15) is 0 Å². The van der Waals surface area contributed by atoms with Gasteiger partial charge < -0.3 is 0 Å². The van der Waals surface area contributed by atoms with E-state index in [2.05, 4.69) is 32.9 Å². The van der Waals surface area contributed by atoms with Crippen LogP contribution in [-0.4, -0.2) is 14.0 Å². The zero-order chi connectivity index (χ0) is 7.66. The van der Waals surface area contributed by atoms with Crippen molar-refractivity contribution in [1.29, 1.82) is 0 Å². The average Bonchev–Trinajstić information content (AvgIpc) is 1.97. The molecule has 6 nitrogen and oxygen atoms in total. The highest BCUT2D eigenvalue weighted by atomic mass is 15.8. The second-order valence-corrected chi connectivity index (χ2v) is 1.46. The molecule has 0 atom stereocenters. The molecule has 0 amide bonds. The van der Waals surface area contributed by atoms with Gasteiger partial charge in [-0.1, -0.05) is 13.7 Å². The molecular formula is C3H14BN6. The Morgan fingerprint density at radius 1 is 1.10 bits per heavy atom. The summed E-state index contributed by atoms with van der Waals surface area (Å²) in [5.74, 6) is 0. The summed E-state index contributed by atoms with van der Waals surface area (Å²) in [4.78, 5) is 0. The maximum Gasteiger partial charge on any atom is 0.223 e. The molecule has 0 aromatic carbocycles. The van der Waals surface area contributed by atoms with Crippen LogP contribution in [0.4, 0.5) is 0 Å². The van der Waals surface area contributed by atoms with E-state index in [4.69, 9.17) is 0 Å². The van der Waals surface area contributed by atoms with Crippen molar-refractivity contribution >= 4 is 7.41 Å². The molecule has 6 N–H and O–H groups in total. The molecule has 0 aliphatic heterocycles. The standard InChI is InChI=1S/C3H14BN6/c1-3-5-7-9-10-8-6-4-2/h5-10H,3H2,1-2H3. The van der Waals surface area contributed by atoms with Crippen molar-refractivity contribution in [3.8, 4) is 0 Å². The molecule has 59 valence electrons. The Hall–Kier alpha value is -0.175. The van der Waals surface area contributed by atoms with Gasteiger partial charge in [0.05, 0.1) is 0 Å². The molecule has 1 radical (unpaired) electrons. The minimum atomic E-state index is 0.849. The molecule has 0 aliphatic carbocycles. The van der Waals surface area contributed by atoms with E-state index in [0.29, 0.717) is 0 Å². The van der Waals surface area contributed by atoms with Crippen molar-refractivity contribution in [1.82, 2.24) is 32.9 Å². The maximum absolute atomic E-state index is 2.82. The molecule has 0 saturated heterocycles. The topological polar surface area (TPSA) is 72.2 Å². The Bertz CT molecular complexity index is 53.0. The quantitative estimate of drug-likeness (QED) is 0.138. The lowest BCUT2D eigenvalue weighted by molar-refractivity contribution is 0.321. The number of hydrazine groups is 5. The van der Waals surface area contributed by atoms with E-state index < -0.39 is 0 Å². The van der Waals surface area contributed by atoms with Gasteiger partial charge in [-0.25, -0.2) is 5.43 Å². The summed E-state index contributed by atoms with van der Waals surface area (Å²) in [6.07, 6.45) is 0. The van der Waals surface area contributed by atoms with Crippen LogP contribution >= 0.6 is 0 Å². The van der Waals surface area contributed by atoms with Crippen LogP contribution in [0.2, 0.25) is 6.82 Å². The van der Waals surface area contributed by atoms with Crippen LogP contribution in [0.1, 0.15) is 6.92 Å². The first-order valence-electron chi connectivity index (χ1n) is 3.18. The maximum atomic E-state index is 2.82. The summed E-state index contributed by atoms with van der Waals surface area (Å²) in [6.45, 7) is 4.70. The number of hydrogen-bond acceptors (Lipinski definition) is 6. The smallest absolute Gasteiger partial charge is 0.223 e. The van der Waals surface area contributed by atoms with Gasteiger partial charge in [-0.3, -0.25) is 5.34 Å². The van der Waals surface area contributed by atoms with Crippen LogP contribution in [0.3, 0.4) is 0 Å². The van der Waals surface area contributed by atoms with Crippen molar-refractivity contribution in [3.63, 3.8) is 0 Å². The Morgan fingerprint density at radius 2 is 1.80 bits per heavy atom. The molecule has 0 fully saturated rings. The van der Waals surface area contributed by atoms with Crippen molar-refractivity contribution in [2.24, 2.45) is 0 Å². The van der Waals surface area contributed by atoms with Gasteiger partial charge >= 0.3 is 0 Å². The molecule has 10 heavy (non-hydrogen) atoms. The van der Waals surface area contributed by atoms with Gasteiger partial charge in [-0.2, -0.15) is 22.1 Å². The van der Waals surface area contributed by atoms with Crippen LogP contribution in [0.15, 0.2) is 0 Å². The molecule has 0 heterocycles. The van der Waals surface area contributed by atoms with Crippen LogP contribution in [0.5, 0.6) is 0 Å². The second kappa shape index (κ2) is 8.82. The Morgan fingerprint density at radius 3 is 2.40 bits per heavy atom. The van der Waals surface area contributed by atoms with Gasteiger partial charge in [0, 0.05) is 6.54 Å². The van der Waals surface area contributed by atoms with Gasteiger partial charge in [0.2, 0.25) is 7.41 Å². The van der Waals surface area contributed by atoms with Crippen LogP contribution in [0, 0.1) is 0 Å². The molecular weight excluding hydrogens is 131 g/mol. The van der Waals surface area contributed by atoms with E-state index in [1.807, 2.05) is 13.7 Å². The van der Waals surface area contributed by atoms with Crippen molar-refractivity contribution < 1.29 is 0 Å². The van der Waals surface area contributed by atoms with Crippen molar-refractivity contribution in [3.05, 3.63) is 0 Å².